The highest BCUT2D eigenvalue weighted by Crippen LogP contribution is 2.30. The van der Waals surface area contributed by atoms with Gasteiger partial charge in [0.1, 0.15) is 10.8 Å². The summed E-state index contributed by atoms with van der Waals surface area (Å²) in [6.45, 7) is 7.95. The van der Waals surface area contributed by atoms with Crippen LogP contribution in [0, 0.1) is 5.41 Å². The molecule has 0 saturated carbocycles. The normalized spacial score (nSPS) is 16.2. The van der Waals surface area contributed by atoms with Gasteiger partial charge in [0.15, 0.2) is 0 Å². The Kier molecular flexibility index (Phi) is 3.90. The van der Waals surface area contributed by atoms with Crippen molar-refractivity contribution in [3.05, 3.63) is 34.9 Å². The molecule has 1 aromatic heterocycles. The van der Waals surface area contributed by atoms with E-state index in [-0.39, 0.29) is 11.3 Å². The fourth-order valence-corrected chi connectivity index (χ4v) is 2.22. The van der Waals surface area contributed by atoms with Crippen molar-refractivity contribution in [2.75, 3.05) is 13.1 Å². The molecule has 0 unspecified atom stereocenters. The number of carbonyl (C=O) groups excluding carboxylic acids is 1. The van der Waals surface area contributed by atoms with E-state index in [1.165, 1.54) is 18.0 Å². The molecule has 5 heteroatoms. The van der Waals surface area contributed by atoms with Gasteiger partial charge in [0.25, 0.3) is 5.91 Å². The van der Waals surface area contributed by atoms with Crippen molar-refractivity contribution >= 4 is 17.5 Å². The van der Waals surface area contributed by atoms with Gasteiger partial charge in [0, 0.05) is 13.1 Å². The molecule has 0 spiro atoms. The largest absolute Gasteiger partial charge is 0.333 e. The Morgan fingerprint density at radius 1 is 1.32 bits per heavy atom. The van der Waals surface area contributed by atoms with E-state index < -0.39 is 0 Å². The van der Waals surface area contributed by atoms with E-state index in [2.05, 4.69) is 36.8 Å². The first-order valence-corrected chi connectivity index (χ1v) is 6.72. The minimum Gasteiger partial charge on any atom is -0.333 e. The van der Waals surface area contributed by atoms with E-state index in [0.29, 0.717) is 17.4 Å². The second kappa shape index (κ2) is 5.29. The molecule has 19 heavy (non-hydrogen) atoms. The number of aromatic nitrogens is 2. The summed E-state index contributed by atoms with van der Waals surface area (Å²) in [6.07, 6.45) is 5.88. The van der Waals surface area contributed by atoms with Crippen LogP contribution in [0.2, 0.25) is 5.15 Å². The molecule has 0 fully saturated rings. The van der Waals surface area contributed by atoms with E-state index in [9.17, 15) is 4.79 Å². The highest BCUT2D eigenvalue weighted by Gasteiger charge is 2.24. The second-order valence-electron chi connectivity index (χ2n) is 5.70. The SMILES string of the molecule is CC(C)(C)C1=CCN(C(=O)c2cnc(Cl)cn2)CC1. The highest BCUT2D eigenvalue weighted by molar-refractivity contribution is 6.29. The van der Waals surface area contributed by atoms with Gasteiger partial charge in [-0.1, -0.05) is 44.0 Å². The Hall–Kier alpha value is -1.42. The Morgan fingerprint density at radius 2 is 2.05 bits per heavy atom. The van der Waals surface area contributed by atoms with Crippen LogP contribution in [0.25, 0.3) is 0 Å². The quantitative estimate of drug-likeness (QED) is 0.743. The summed E-state index contributed by atoms with van der Waals surface area (Å²) < 4.78 is 0. The van der Waals surface area contributed by atoms with Crippen molar-refractivity contribution < 1.29 is 4.79 Å². The third kappa shape index (κ3) is 3.32. The maximum Gasteiger partial charge on any atom is 0.274 e. The third-order valence-corrected chi connectivity index (χ3v) is 3.49. The van der Waals surface area contributed by atoms with Crippen LogP contribution in [0.15, 0.2) is 24.0 Å². The summed E-state index contributed by atoms with van der Waals surface area (Å²) in [4.78, 5) is 21.9. The minimum absolute atomic E-state index is 0.0895. The minimum atomic E-state index is -0.0895. The molecule has 0 N–H and O–H groups in total. The lowest BCUT2D eigenvalue weighted by Gasteiger charge is -2.32. The van der Waals surface area contributed by atoms with Gasteiger partial charge in [-0.3, -0.25) is 4.79 Å². The molecule has 0 saturated heterocycles. The first-order valence-electron chi connectivity index (χ1n) is 6.34. The molecule has 0 aliphatic carbocycles. The first kappa shape index (κ1) is 14.0. The maximum absolute atomic E-state index is 12.2. The first-order chi connectivity index (χ1) is 8.88. The number of amides is 1. The zero-order chi connectivity index (χ0) is 14.0. The molecule has 102 valence electrons. The average Bonchev–Trinajstić information content (AvgIpc) is 2.38. The van der Waals surface area contributed by atoms with Crippen LogP contribution in [0.1, 0.15) is 37.7 Å². The molecular weight excluding hydrogens is 262 g/mol. The molecular formula is C14H18ClN3O. The number of rotatable bonds is 1. The predicted molar refractivity (Wildman–Crippen MR) is 75.1 cm³/mol. The zero-order valence-corrected chi connectivity index (χ0v) is 12.2. The lowest BCUT2D eigenvalue weighted by Crippen LogP contribution is -2.36. The average molecular weight is 280 g/mol. The van der Waals surface area contributed by atoms with Crippen LogP contribution in [0.4, 0.5) is 0 Å². The van der Waals surface area contributed by atoms with E-state index in [4.69, 9.17) is 11.6 Å². The highest BCUT2D eigenvalue weighted by atomic mass is 35.5. The van der Waals surface area contributed by atoms with Crippen molar-refractivity contribution in [2.45, 2.75) is 27.2 Å². The summed E-state index contributed by atoms with van der Waals surface area (Å²) in [7, 11) is 0. The van der Waals surface area contributed by atoms with Crippen molar-refractivity contribution in [1.82, 2.24) is 14.9 Å². The van der Waals surface area contributed by atoms with Crippen LogP contribution in [0.3, 0.4) is 0 Å². The topological polar surface area (TPSA) is 46.1 Å². The molecule has 0 aromatic carbocycles. The number of halogens is 1. The van der Waals surface area contributed by atoms with E-state index >= 15 is 0 Å². The van der Waals surface area contributed by atoms with Crippen LogP contribution in [-0.4, -0.2) is 33.9 Å². The van der Waals surface area contributed by atoms with Crippen LogP contribution in [0.5, 0.6) is 0 Å². The van der Waals surface area contributed by atoms with E-state index in [1.807, 2.05) is 0 Å². The Bertz CT molecular complexity index is 502. The molecule has 1 aliphatic rings. The fourth-order valence-electron chi connectivity index (χ4n) is 2.12. The lowest BCUT2D eigenvalue weighted by molar-refractivity contribution is 0.0758. The summed E-state index contributed by atoms with van der Waals surface area (Å²) in [5, 5.41) is 0.296. The lowest BCUT2D eigenvalue weighted by atomic mass is 9.83. The van der Waals surface area contributed by atoms with E-state index in [1.54, 1.807) is 4.90 Å². The van der Waals surface area contributed by atoms with Crippen molar-refractivity contribution in [2.24, 2.45) is 5.41 Å². The van der Waals surface area contributed by atoms with Crippen molar-refractivity contribution in [3.8, 4) is 0 Å². The summed E-state index contributed by atoms with van der Waals surface area (Å²) in [6, 6.07) is 0. The molecule has 4 nitrogen and oxygen atoms in total. The number of nitrogens with zero attached hydrogens (tertiary/aromatic N) is 3. The fraction of sp³-hybridized carbons (Fsp3) is 0.500. The van der Waals surface area contributed by atoms with Gasteiger partial charge >= 0.3 is 0 Å². The molecule has 1 amide bonds. The summed E-state index contributed by atoms with van der Waals surface area (Å²) in [5.74, 6) is -0.0895. The smallest absolute Gasteiger partial charge is 0.274 e. The van der Waals surface area contributed by atoms with Gasteiger partial charge in [-0.25, -0.2) is 9.97 Å². The van der Waals surface area contributed by atoms with Crippen molar-refractivity contribution in [1.29, 1.82) is 0 Å². The predicted octanol–water partition coefficient (Wildman–Crippen LogP) is 2.95. The van der Waals surface area contributed by atoms with Crippen LogP contribution >= 0.6 is 11.6 Å². The Morgan fingerprint density at radius 3 is 2.53 bits per heavy atom. The van der Waals surface area contributed by atoms with Gasteiger partial charge in [0.05, 0.1) is 12.4 Å². The second-order valence-corrected chi connectivity index (χ2v) is 6.09. The van der Waals surface area contributed by atoms with Gasteiger partial charge in [-0.15, -0.1) is 0 Å². The van der Waals surface area contributed by atoms with Gasteiger partial charge < -0.3 is 4.90 Å². The van der Waals surface area contributed by atoms with Gasteiger partial charge in [0.2, 0.25) is 0 Å². The van der Waals surface area contributed by atoms with Gasteiger partial charge in [-0.05, 0) is 11.8 Å². The monoisotopic (exact) mass is 279 g/mol. The van der Waals surface area contributed by atoms with E-state index in [0.717, 1.165) is 13.0 Å². The Labute approximate surface area is 118 Å². The summed E-state index contributed by atoms with van der Waals surface area (Å²) >= 11 is 5.66. The molecule has 2 heterocycles. The molecule has 1 aromatic rings. The maximum atomic E-state index is 12.2. The van der Waals surface area contributed by atoms with Crippen molar-refractivity contribution in [3.63, 3.8) is 0 Å². The zero-order valence-electron chi connectivity index (χ0n) is 11.5. The molecule has 0 atom stereocenters. The van der Waals surface area contributed by atoms with Gasteiger partial charge in [-0.2, -0.15) is 0 Å². The van der Waals surface area contributed by atoms with Crippen LogP contribution < -0.4 is 0 Å². The number of hydrogen-bond acceptors (Lipinski definition) is 3. The Balaban J connectivity index is 2.07. The van der Waals surface area contributed by atoms with Crippen LogP contribution in [-0.2, 0) is 0 Å². The number of hydrogen-bond donors (Lipinski definition) is 0. The third-order valence-electron chi connectivity index (χ3n) is 3.30. The molecule has 0 radical (unpaired) electrons. The molecule has 0 bridgehead atoms. The standard InChI is InChI=1S/C14H18ClN3O/c1-14(2,3)10-4-6-18(7-5-10)13(19)11-8-17-12(15)9-16-11/h4,8-9H,5-7H2,1-3H3. The molecule has 2 rings (SSSR count). The number of carbonyl (C=O) groups is 1. The summed E-state index contributed by atoms with van der Waals surface area (Å²) in [5.41, 5.74) is 1.92. The molecule has 1 aliphatic heterocycles.